The van der Waals surface area contributed by atoms with Crippen molar-refractivity contribution >= 4 is 29.3 Å². The Balaban J connectivity index is 1.91. The number of carbonyl (C=O) groups is 2. The van der Waals surface area contributed by atoms with Crippen molar-refractivity contribution in [3.05, 3.63) is 23.4 Å². The first-order valence-corrected chi connectivity index (χ1v) is 6.79. The number of carboxylic acid groups (broad SMARTS) is 1. The molecule has 2 heterocycles. The summed E-state index contributed by atoms with van der Waals surface area (Å²) in [6.07, 6.45) is 3.05. The molecule has 6 nitrogen and oxygen atoms in total. The number of aliphatic carboxylic acids is 1. The number of amides is 1. The number of pyridine rings is 1. The number of piperidine rings is 1. The summed E-state index contributed by atoms with van der Waals surface area (Å²) in [5.74, 6) is -0.754. The summed E-state index contributed by atoms with van der Waals surface area (Å²) >= 11 is 5.73. The number of hydrogen-bond acceptors (Lipinski definition) is 4. The summed E-state index contributed by atoms with van der Waals surface area (Å²) in [5, 5.41) is 12.0. The average Bonchev–Trinajstić information content (AvgIpc) is 2.41. The van der Waals surface area contributed by atoms with Gasteiger partial charge in [-0.2, -0.15) is 0 Å². The Kier molecular flexibility index (Phi) is 4.92. The van der Waals surface area contributed by atoms with E-state index in [-0.39, 0.29) is 18.4 Å². The Hall–Kier alpha value is -1.66. The Morgan fingerprint density at radius 3 is 2.95 bits per heavy atom. The van der Waals surface area contributed by atoms with E-state index in [0.29, 0.717) is 17.4 Å². The van der Waals surface area contributed by atoms with Gasteiger partial charge in [-0.25, -0.2) is 4.98 Å². The van der Waals surface area contributed by atoms with Crippen LogP contribution in [0.1, 0.15) is 12.8 Å². The van der Waals surface area contributed by atoms with Crippen LogP contribution in [0.3, 0.4) is 0 Å². The van der Waals surface area contributed by atoms with Gasteiger partial charge in [0.05, 0.1) is 17.5 Å². The highest BCUT2D eigenvalue weighted by atomic mass is 35.5. The predicted molar refractivity (Wildman–Crippen MR) is 74.7 cm³/mol. The lowest BCUT2D eigenvalue weighted by Gasteiger charge is -2.30. The van der Waals surface area contributed by atoms with Gasteiger partial charge in [-0.05, 0) is 31.5 Å². The van der Waals surface area contributed by atoms with E-state index in [1.54, 1.807) is 17.0 Å². The van der Waals surface area contributed by atoms with Gasteiger partial charge in [0.2, 0.25) is 5.91 Å². The smallest absolute Gasteiger partial charge is 0.317 e. The molecule has 0 bridgehead atoms. The third-order valence-electron chi connectivity index (χ3n) is 3.21. The molecule has 1 aromatic rings. The van der Waals surface area contributed by atoms with Gasteiger partial charge >= 0.3 is 5.97 Å². The van der Waals surface area contributed by atoms with Crippen LogP contribution in [0, 0.1) is 5.92 Å². The van der Waals surface area contributed by atoms with Crippen molar-refractivity contribution in [3.63, 3.8) is 0 Å². The molecule has 0 spiro atoms. The summed E-state index contributed by atoms with van der Waals surface area (Å²) < 4.78 is 0. The number of carbonyl (C=O) groups excluding carboxylic acids is 1. The SMILES string of the molecule is O=C(O)CN1CCC[C@@H](C(=O)Nc2ccc(Cl)cn2)C1. The van der Waals surface area contributed by atoms with Gasteiger partial charge in [0.15, 0.2) is 0 Å². The zero-order valence-corrected chi connectivity index (χ0v) is 11.6. The highest BCUT2D eigenvalue weighted by molar-refractivity contribution is 6.30. The van der Waals surface area contributed by atoms with Gasteiger partial charge in [-0.1, -0.05) is 11.6 Å². The number of rotatable bonds is 4. The summed E-state index contributed by atoms with van der Waals surface area (Å²) in [6.45, 7) is 1.16. The van der Waals surface area contributed by atoms with Crippen molar-refractivity contribution < 1.29 is 14.7 Å². The molecular weight excluding hydrogens is 282 g/mol. The van der Waals surface area contributed by atoms with Crippen LogP contribution >= 0.6 is 11.6 Å². The number of carboxylic acids is 1. The molecule has 1 aliphatic heterocycles. The maximum Gasteiger partial charge on any atom is 0.317 e. The standard InChI is InChI=1S/C13H16ClN3O3/c14-10-3-4-11(15-6-10)16-13(20)9-2-1-5-17(7-9)8-12(18)19/h3-4,6,9H,1-2,5,7-8H2,(H,18,19)(H,15,16,20)/t9-/m1/s1. The Morgan fingerprint density at radius 1 is 1.50 bits per heavy atom. The Labute approximate surface area is 121 Å². The molecule has 0 saturated carbocycles. The van der Waals surface area contributed by atoms with Crippen molar-refractivity contribution in [1.82, 2.24) is 9.88 Å². The fourth-order valence-corrected chi connectivity index (χ4v) is 2.39. The maximum atomic E-state index is 12.1. The zero-order valence-electron chi connectivity index (χ0n) is 10.9. The van der Waals surface area contributed by atoms with E-state index >= 15 is 0 Å². The van der Waals surface area contributed by atoms with Crippen LogP contribution in [-0.4, -0.2) is 46.5 Å². The molecule has 0 aromatic carbocycles. The summed E-state index contributed by atoms with van der Waals surface area (Å²) in [5.41, 5.74) is 0. The Morgan fingerprint density at radius 2 is 2.30 bits per heavy atom. The molecule has 0 unspecified atom stereocenters. The molecule has 0 radical (unpaired) electrons. The van der Waals surface area contributed by atoms with Crippen LogP contribution in [0.25, 0.3) is 0 Å². The molecule has 108 valence electrons. The van der Waals surface area contributed by atoms with Crippen molar-refractivity contribution in [2.75, 3.05) is 25.0 Å². The van der Waals surface area contributed by atoms with E-state index in [1.165, 1.54) is 6.20 Å². The lowest BCUT2D eigenvalue weighted by molar-refractivity contribution is -0.139. The van der Waals surface area contributed by atoms with E-state index in [2.05, 4.69) is 10.3 Å². The molecule has 1 amide bonds. The first kappa shape index (κ1) is 14.7. The molecule has 7 heteroatoms. The monoisotopic (exact) mass is 297 g/mol. The largest absolute Gasteiger partial charge is 0.480 e. The molecule has 1 saturated heterocycles. The normalized spacial score (nSPS) is 19.6. The van der Waals surface area contributed by atoms with E-state index in [9.17, 15) is 9.59 Å². The minimum atomic E-state index is -0.870. The molecule has 1 atom stereocenters. The fourth-order valence-electron chi connectivity index (χ4n) is 2.28. The van der Waals surface area contributed by atoms with E-state index in [4.69, 9.17) is 16.7 Å². The van der Waals surface area contributed by atoms with Crippen LogP contribution in [0.4, 0.5) is 5.82 Å². The fraction of sp³-hybridized carbons (Fsp3) is 0.462. The lowest BCUT2D eigenvalue weighted by Crippen LogP contribution is -2.42. The predicted octanol–water partition coefficient (Wildman–Crippen LogP) is 1.47. The van der Waals surface area contributed by atoms with Crippen LogP contribution in [0.2, 0.25) is 5.02 Å². The minimum absolute atomic E-state index is 0.0248. The lowest BCUT2D eigenvalue weighted by atomic mass is 9.97. The quantitative estimate of drug-likeness (QED) is 0.879. The second-order valence-corrected chi connectivity index (χ2v) is 5.26. The van der Waals surface area contributed by atoms with Gasteiger partial charge in [0.1, 0.15) is 5.82 Å². The van der Waals surface area contributed by atoms with Gasteiger partial charge in [0.25, 0.3) is 0 Å². The van der Waals surface area contributed by atoms with E-state index in [0.717, 1.165) is 19.4 Å². The molecular formula is C13H16ClN3O3. The van der Waals surface area contributed by atoms with Crippen LogP contribution in [-0.2, 0) is 9.59 Å². The van der Waals surface area contributed by atoms with Crippen molar-refractivity contribution in [3.8, 4) is 0 Å². The summed E-state index contributed by atoms with van der Waals surface area (Å²) in [4.78, 5) is 28.6. The van der Waals surface area contributed by atoms with Crippen molar-refractivity contribution in [2.45, 2.75) is 12.8 Å². The van der Waals surface area contributed by atoms with Gasteiger partial charge in [-0.3, -0.25) is 14.5 Å². The Bertz CT molecular complexity index is 492. The van der Waals surface area contributed by atoms with Crippen molar-refractivity contribution in [2.24, 2.45) is 5.92 Å². The number of nitrogens with zero attached hydrogens (tertiary/aromatic N) is 2. The second kappa shape index (κ2) is 6.67. The maximum absolute atomic E-state index is 12.1. The second-order valence-electron chi connectivity index (χ2n) is 4.82. The molecule has 2 rings (SSSR count). The van der Waals surface area contributed by atoms with E-state index in [1.807, 2.05) is 0 Å². The third kappa shape index (κ3) is 4.18. The zero-order chi connectivity index (χ0) is 14.5. The topological polar surface area (TPSA) is 82.5 Å². The number of anilines is 1. The number of halogens is 1. The average molecular weight is 298 g/mol. The molecule has 1 fully saturated rings. The van der Waals surface area contributed by atoms with Gasteiger partial charge < -0.3 is 10.4 Å². The van der Waals surface area contributed by atoms with Crippen LogP contribution < -0.4 is 5.32 Å². The first-order chi connectivity index (χ1) is 9.54. The number of nitrogens with one attached hydrogen (secondary N) is 1. The van der Waals surface area contributed by atoms with Crippen LogP contribution in [0.5, 0.6) is 0 Å². The third-order valence-corrected chi connectivity index (χ3v) is 3.44. The minimum Gasteiger partial charge on any atom is -0.480 e. The van der Waals surface area contributed by atoms with Crippen LogP contribution in [0.15, 0.2) is 18.3 Å². The molecule has 1 aliphatic rings. The number of hydrogen-bond donors (Lipinski definition) is 2. The number of likely N-dealkylation sites (tertiary alicyclic amines) is 1. The van der Waals surface area contributed by atoms with Gasteiger partial charge in [-0.15, -0.1) is 0 Å². The molecule has 2 N–H and O–H groups in total. The number of aromatic nitrogens is 1. The van der Waals surface area contributed by atoms with Gasteiger partial charge in [0, 0.05) is 12.7 Å². The summed E-state index contributed by atoms with van der Waals surface area (Å²) in [6, 6.07) is 3.29. The molecule has 20 heavy (non-hydrogen) atoms. The highest BCUT2D eigenvalue weighted by Crippen LogP contribution is 2.18. The molecule has 1 aromatic heterocycles. The molecule has 0 aliphatic carbocycles. The highest BCUT2D eigenvalue weighted by Gasteiger charge is 2.26. The summed E-state index contributed by atoms with van der Waals surface area (Å²) in [7, 11) is 0. The first-order valence-electron chi connectivity index (χ1n) is 6.41. The van der Waals surface area contributed by atoms with E-state index < -0.39 is 5.97 Å². The van der Waals surface area contributed by atoms with Crippen molar-refractivity contribution in [1.29, 1.82) is 0 Å².